The molecule has 0 aliphatic carbocycles. The fraction of sp³-hybridized carbons (Fsp3) is 0.286. The lowest BCUT2D eigenvalue weighted by molar-refractivity contribution is 0.0368. The molecule has 1 heterocycles. The minimum absolute atomic E-state index is 0.256. The standard InChI is InChI=1S/C7H8ClNO2S/c1-2-11-9-7(10)6-3-5(8)4-12-6/h3-4H,2H2,1H3,(H,9,10). The first kappa shape index (κ1) is 9.51. The molecule has 1 N–H and O–H groups in total. The fourth-order valence-corrected chi connectivity index (χ4v) is 1.58. The molecule has 5 heteroatoms. The molecular weight excluding hydrogens is 198 g/mol. The Bertz CT molecular complexity index is 274. The average molecular weight is 206 g/mol. The van der Waals surface area contributed by atoms with Gasteiger partial charge in [-0.3, -0.25) is 9.63 Å². The maximum absolute atomic E-state index is 11.1. The smallest absolute Gasteiger partial charge is 0.274 e. The summed E-state index contributed by atoms with van der Waals surface area (Å²) in [5.74, 6) is -0.256. The van der Waals surface area contributed by atoms with Crippen molar-refractivity contribution < 1.29 is 9.63 Å². The van der Waals surface area contributed by atoms with Crippen LogP contribution >= 0.6 is 22.9 Å². The van der Waals surface area contributed by atoms with Crippen molar-refractivity contribution in [2.24, 2.45) is 0 Å². The molecule has 0 saturated heterocycles. The zero-order valence-electron chi connectivity index (χ0n) is 6.46. The van der Waals surface area contributed by atoms with Crippen molar-refractivity contribution in [1.29, 1.82) is 0 Å². The first-order valence-electron chi connectivity index (χ1n) is 3.40. The number of hydrogen-bond donors (Lipinski definition) is 1. The molecule has 1 rings (SSSR count). The maximum atomic E-state index is 11.1. The van der Waals surface area contributed by atoms with Crippen LogP contribution in [0.15, 0.2) is 11.4 Å². The van der Waals surface area contributed by atoms with Crippen LogP contribution in [0.2, 0.25) is 5.02 Å². The third-order valence-electron chi connectivity index (χ3n) is 1.10. The molecule has 12 heavy (non-hydrogen) atoms. The van der Waals surface area contributed by atoms with Crippen molar-refractivity contribution in [3.05, 3.63) is 21.3 Å². The highest BCUT2D eigenvalue weighted by atomic mass is 35.5. The third-order valence-corrected chi connectivity index (χ3v) is 2.38. The Morgan fingerprint density at radius 3 is 3.08 bits per heavy atom. The van der Waals surface area contributed by atoms with Crippen molar-refractivity contribution in [1.82, 2.24) is 5.48 Å². The van der Waals surface area contributed by atoms with E-state index in [1.54, 1.807) is 18.4 Å². The minimum atomic E-state index is -0.256. The summed E-state index contributed by atoms with van der Waals surface area (Å²) in [5.41, 5.74) is 2.27. The van der Waals surface area contributed by atoms with E-state index >= 15 is 0 Å². The molecule has 0 fully saturated rings. The number of rotatable bonds is 3. The van der Waals surface area contributed by atoms with Crippen LogP contribution in [0.3, 0.4) is 0 Å². The summed E-state index contributed by atoms with van der Waals surface area (Å²) in [4.78, 5) is 16.4. The van der Waals surface area contributed by atoms with E-state index in [1.165, 1.54) is 11.3 Å². The molecule has 1 aromatic heterocycles. The average Bonchev–Trinajstić information content (AvgIpc) is 2.47. The van der Waals surface area contributed by atoms with Gasteiger partial charge < -0.3 is 0 Å². The normalized spacial score (nSPS) is 9.83. The molecule has 0 spiro atoms. The van der Waals surface area contributed by atoms with Crippen LogP contribution in [-0.2, 0) is 4.84 Å². The number of nitrogens with one attached hydrogen (secondary N) is 1. The minimum Gasteiger partial charge on any atom is -0.274 e. The second kappa shape index (κ2) is 4.45. The van der Waals surface area contributed by atoms with Gasteiger partial charge in [0.05, 0.1) is 16.5 Å². The van der Waals surface area contributed by atoms with Crippen LogP contribution in [0.1, 0.15) is 16.6 Å². The molecule has 3 nitrogen and oxygen atoms in total. The third kappa shape index (κ3) is 2.48. The summed E-state index contributed by atoms with van der Waals surface area (Å²) in [6.45, 7) is 2.24. The number of amides is 1. The predicted molar refractivity (Wildman–Crippen MR) is 48.4 cm³/mol. The van der Waals surface area contributed by atoms with Gasteiger partial charge in [0.15, 0.2) is 0 Å². The first-order chi connectivity index (χ1) is 5.74. The lowest BCUT2D eigenvalue weighted by Gasteiger charge is -1.99. The number of carbonyl (C=O) groups is 1. The highest BCUT2D eigenvalue weighted by Gasteiger charge is 2.07. The second-order valence-electron chi connectivity index (χ2n) is 1.99. The Hall–Kier alpha value is -0.580. The van der Waals surface area contributed by atoms with Crippen molar-refractivity contribution in [2.45, 2.75) is 6.92 Å². The zero-order chi connectivity index (χ0) is 8.97. The largest absolute Gasteiger partial charge is 0.284 e. The van der Waals surface area contributed by atoms with Gasteiger partial charge in [-0.2, -0.15) is 0 Å². The Morgan fingerprint density at radius 2 is 2.58 bits per heavy atom. The van der Waals surface area contributed by atoms with Gasteiger partial charge >= 0.3 is 0 Å². The molecule has 0 unspecified atom stereocenters. The summed E-state index contributed by atoms with van der Waals surface area (Å²) in [7, 11) is 0. The Labute approximate surface area is 79.2 Å². The molecular formula is C7H8ClNO2S. The molecule has 0 aliphatic rings. The van der Waals surface area contributed by atoms with Crippen LogP contribution in [0.5, 0.6) is 0 Å². The van der Waals surface area contributed by atoms with Gasteiger partial charge in [-0.1, -0.05) is 11.6 Å². The van der Waals surface area contributed by atoms with E-state index < -0.39 is 0 Å². The molecule has 0 aromatic carbocycles. The van der Waals surface area contributed by atoms with E-state index in [2.05, 4.69) is 5.48 Å². The van der Waals surface area contributed by atoms with Crippen LogP contribution in [0.25, 0.3) is 0 Å². The van der Waals surface area contributed by atoms with E-state index in [0.29, 0.717) is 16.5 Å². The molecule has 0 radical (unpaired) electrons. The monoisotopic (exact) mass is 205 g/mol. The number of hydroxylamine groups is 1. The Kier molecular flexibility index (Phi) is 3.52. The maximum Gasteiger partial charge on any atom is 0.284 e. The summed E-state index contributed by atoms with van der Waals surface area (Å²) in [6, 6.07) is 1.60. The van der Waals surface area contributed by atoms with Gasteiger partial charge in [-0.05, 0) is 13.0 Å². The van der Waals surface area contributed by atoms with Crippen LogP contribution in [-0.4, -0.2) is 12.5 Å². The summed E-state index contributed by atoms with van der Waals surface area (Å²) in [6.07, 6.45) is 0. The summed E-state index contributed by atoms with van der Waals surface area (Å²) < 4.78 is 0. The molecule has 1 amide bonds. The van der Waals surface area contributed by atoms with E-state index in [4.69, 9.17) is 16.4 Å². The van der Waals surface area contributed by atoms with Crippen LogP contribution in [0.4, 0.5) is 0 Å². The van der Waals surface area contributed by atoms with E-state index in [-0.39, 0.29) is 5.91 Å². The Balaban J connectivity index is 2.53. The van der Waals surface area contributed by atoms with Gasteiger partial charge in [-0.15, -0.1) is 11.3 Å². The molecule has 0 saturated carbocycles. The predicted octanol–water partition coefficient (Wildman–Crippen LogP) is 2.08. The summed E-state index contributed by atoms with van der Waals surface area (Å²) in [5, 5.41) is 2.27. The molecule has 0 bridgehead atoms. The lowest BCUT2D eigenvalue weighted by atomic mass is 10.4. The highest BCUT2D eigenvalue weighted by molar-refractivity contribution is 7.12. The quantitative estimate of drug-likeness (QED) is 0.768. The number of thiophene rings is 1. The Morgan fingerprint density at radius 1 is 1.83 bits per heavy atom. The highest BCUT2D eigenvalue weighted by Crippen LogP contribution is 2.18. The zero-order valence-corrected chi connectivity index (χ0v) is 8.04. The van der Waals surface area contributed by atoms with Gasteiger partial charge in [0.2, 0.25) is 0 Å². The van der Waals surface area contributed by atoms with E-state index in [0.717, 1.165) is 0 Å². The van der Waals surface area contributed by atoms with Crippen LogP contribution < -0.4 is 5.48 Å². The lowest BCUT2D eigenvalue weighted by Crippen LogP contribution is -2.22. The number of carbonyl (C=O) groups excluding carboxylic acids is 1. The van der Waals surface area contributed by atoms with E-state index in [1.807, 2.05) is 0 Å². The number of hydrogen-bond acceptors (Lipinski definition) is 3. The summed E-state index contributed by atoms with van der Waals surface area (Å²) >= 11 is 6.91. The molecule has 1 aromatic rings. The van der Waals surface area contributed by atoms with Crippen molar-refractivity contribution in [3.8, 4) is 0 Å². The fourth-order valence-electron chi connectivity index (χ4n) is 0.620. The molecule has 0 aliphatic heterocycles. The number of halogens is 1. The van der Waals surface area contributed by atoms with Gasteiger partial charge in [0, 0.05) is 5.38 Å². The molecule has 0 atom stereocenters. The second-order valence-corrected chi connectivity index (χ2v) is 3.34. The first-order valence-corrected chi connectivity index (χ1v) is 4.66. The molecule has 66 valence electrons. The van der Waals surface area contributed by atoms with Gasteiger partial charge in [0.1, 0.15) is 0 Å². The van der Waals surface area contributed by atoms with Gasteiger partial charge in [0.25, 0.3) is 5.91 Å². The van der Waals surface area contributed by atoms with Crippen molar-refractivity contribution in [2.75, 3.05) is 6.61 Å². The van der Waals surface area contributed by atoms with Crippen molar-refractivity contribution in [3.63, 3.8) is 0 Å². The van der Waals surface area contributed by atoms with Crippen LogP contribution in [0, 0.1) is 0 Å². The SMILES string of the molecule is CCONC(=O)c1cc(Cl)cs1. The van der Waals surface area contributed by atoms with Crippen molar-refractivity contribution >= 4 is 28.8 Å². The van der Waals surface area contributed by atoms with E-state index in [9.17, 15) is 4.79 Å². The topological polar surface area (TPSA) is 38.3 Å². The van der Waals surface area contributed by atoms with Gasteiger partial charge in [-0.25, -0.2) is 5.48 Å².